The lowest BCUT2D eigenvalue weighted by atomic mass is 10.1. The van der Waals surface area contributed by atoms with Gasteiger partial charge in [-0.3, -0.25) is 9.36 Å². The summed E-state index contributed by atoms with van der Waals surface area (Å²) in [4.78, 5) is 25.9. The van der Waals surface area contributed by atoms with E-state index in [2.05, 4.69) is 16.8 Å². The quantitative estimate of drug-likeness (QED) is 0.634. The molecule has 0 saturated carbocycles. The minimum Gasteiger partial charge on any atom is -0.313 e. The third kappa shape index (κ3) is 2.18. The second-order valence-corrected chi connectivity index (χ2v) is 4.19. The zero-order valence-corrected chi connectivity index (χ0v) is 9.34. The predicted molar refractivity (Wildman–Crippen MR) is 58.9 cm³/mol. The van der Waals surface area contributed by atoms with E-state index < -0.39 is 11.2 Å². The Morgan fingerprint density at radius 2 is 1.93 bits per heavy atom. The second kappa shape index (κ2) is 3.77. The molecule has 1 rings (SSSR count). The van der Waals surface area contributed by atoms with Gasteiger partial charge in [-0.2, -0.15) is 0 Å². The van der Waals surface area contributed by atoms with Gasteiger partial charge in [0.2, 0.25) is 0 Å². The van der Waals surface area contributed by atoms with Crippen molar-refractivity contribution in [3.05, 3.63) is 32.6 Å². The van der Waals surface area contributed by atoms with Crippen LogP contribution >= 0.6 is 0 Å². The molecule has 0 amide bonds. The first-order chi connectivity index (χ1) is 6.88. The number of nitrogens with zero attached hydrogens (tertiary/aromatic N) is 1. The average molecular weight is 206 g/mol. The predicted octanol–water partition coefficient (Wildman–Crippen LogP) is 0.663. The SMILES string of the molecule is CC#Cc1c[nH]c(=O)n(C(C)(C)C)c1=O. The Morgan fingerprint density at radius 1 is 1.33 bits per heavy atom. The third-order valence-electron chi connectivity index (χ3n) is 1.91. The van der Waals surface area contributed by atoms with Gasteiger partial charge in [0.05, 0.1) is 0 Å². The van der Waals surface area contributed by atoms with Crippen LogP contribution in [0.25, 0.3) is 0 Å². The van der Waals surface area contributed by atoms with E-state index in [-0.39, 0.29) is 5.56 Å². The van der Waals surface area contributed by atoms with Crippen LogP contribution in [-0.4, -0.2) is 9.55 Å². The molecule has 0 aliphatic carbocycles. The van der Waals surface area contributed by atoms with E-state index >= 15 is 0 Å². The van der Waals surface area contributed by atoms with Crippen molar-refractivity contribution in [3.8, 4) is 11.8 Å². The largest absolute Gasteiger partial charge is 0.328 e. The maximum atomic E-state index is 11.9. The van der Waals surface area contributed by atoms with Gasteiger partial charge in [-0.25, -0.2) is 4.79 Å². The van der Waals surface area contributed by atoms with Crippen molar-refractivity contribution in [2.75, 3.05) is 0 Å². The first-order valence-electron chi connectivity index (χ1n) is 4.66. The number of aromatic nitrogens is 2. The molecule has 0 fully saturated rings. The summed E-state index contributed by atoms with van der Waals surface area (Å²) in [5.74, 6) is 5.30. The average Bonchev–Trinajstić information content (AvgIpc) is 2.08. The molecule has 0 aromatic carbocycles. The smallest absolute Gasteiger partial charge is 0.313 e. The molecule has 4 heteroatoms. The normalized spacial score (nSPS) is 10.7. The maximum Gasteiger partial charge on any atom is 0.328 e. The highest BCUT2D eigenvalue weighted by molar-refractivity contribution is 5.29. The molecule has 4 nitrogen and oxygen atoms in total. The van der Waals surface area contributed by atoms with Gasteiger partial charge < -0.3 is 4.98 Å². The summed E-state index contributed by atoms with van der Waals surface area (Å²) in [7, 11) is 0. The third-order valence-corrected chi connectivity index (χ3v) is 1.91. The molecule has 1 N–H and O–H groups in total. The fourth-order valence-corrected chi connectivity index (χ4v) is 1.31. The molecule has 0 aliphatic heterocycles. The van der Waals surface area contributed by atoms with E-state index in [0.717, 1.165) is 0 Å². The Labute approximate surface area is 88.0 Å². The standard InChI is InChI=1S/C11H14N2O2/c1-5-6-8-7-12-10(15)13(9(8)14)11(2,3)4/h7H,1-4H3,(H,12,15). The second-order valence-electron chi connectivity index (χ2n) is 4.19. The summed E-state index contributed by atoms with van der Waals surface area (Å²) in [6.45, 7) is 7.04. The number of nitrogens with one attached hydrogen (secondary N) is 1. The topological polar surface area (TPSA) is 54.9 Å². The van der Waals surface area contributed by atoms with Gasteiger partial charge in [0.15, 0.2) is 0 Å². The highest BCUT2D eigenvalue weighted by Gasteiger charge is 2.18. The molecular formula is C11H14N2O2. The molecular weight excluding hydrogens is 192 g/mol. The minimum absolute atomic E-state index is 0.312. The van der Waals surface area contributed by atoms with Crippen LogP contribution in [0.5, 0.6) is 0 Å². The van der Waals surface area contributed by atoms with Crippen molar-refractivity contribution in [2.24, 2.45) is 0 Å². The molecule has 0 saturated heterocycles. The highest BCUT2D eigenvalue weighted by Crippen LogP contribution is 2.06. The van der Waals surface area contributed by atoms with E-state index in [1.54, 1.807) is 27.7 Å². The monoisotopic (exact) mass is 206 g/mol. The van der Waals surface area contributed by atoms with Crippen molar-refractivity contribution in [2.45, 2.75) is 33.2 Å². The summed E-state index contributed by atoms with van der Waals surface area (Å²) in [6.07, 6.45) is 1.35. The fourth-order valence-electron chi connectivity index (χ4n) is 1.31. The van der Waals surface area contributed by atoms with Crippen LogP contribution in [0, 0.1) is 11.8 Å². The lowest BCUT2D eigenvalue weighted by molar-refractivity contribution is 0.366. The van der Waals surface area contributed by atoms with Gasteiger partial charge in [0.1, 0.15) is 5.56 Å². The molecule has 1 aromatic heterocycles. The Balaban J connectivity index is 3.64. The lowest BCUT2D eigenvalue weighted by Crippen LogP contribution is -2.45. The van der Waals surface area contributed by atoms with Crippen LogP contribution in [0.1, 0.15) is 33.3 Å². The summed E-state index contributed by atoms with van der Waals surface area (Å²) in [5, 5.41) is 0. The first kappa shape index (κ1) is 11.3. The van der Waals surface area contributed by atoms with Gasteiger partial charge in [-0.15, -0.1) is 5.92 Å². The van der Waals surface area contributed by atoms with Crippen LogP contribution in [0.4, 0.5) is 0 Å². The minimum atomic E-state index is -0.546. The molecule has 0 atom stereocenters. The van der Waals surface area contributed by atoms with E-state index in [1.165, 1.54) is 10.8 Å². The lowest BCUT2D eigenvalue weighted by Gasteiger charge is -2.20. The number of hydrogen-bond acceptors (Lipinski definition) is 2. The van der Waals surface area contributed by atoms with Crippen molar-refractivity contribution < 1.29 is 0 Å². The molecule has 0 unspecified atom stereocenters. The van der Waals surface area contributed by atoms with Crippen LogP contribution in [0.3, 0.4) is 0 Å². The highest BCUT2D eigenvalue weighted by atomic mass is 16.2. The Bertz CT molecular complexity index is 533. The summed E-state index contributed by atoms with van der Waals surface area (Å²) >= 11 is 0. The molecule has 0 spiro atoms. The Hall–Kier alpha value is -1.76. The van der Waals surface area contributed by atoms with E-state index in [0.29, 0.717) is 5.56 Å². The van der Waals surface area contributed by atoms with Crippen molar-refractivity contribution in [1.82, 2.24) is 9.55 Å². The molecule has 0 bridgehead atoms. The van der Waals surface area contributed by atoms with Crippen molar-refractivity contribution in [1.29, 1.82) is 0 Å². The van der Waals surface area contributed by atoms with Crippen LogP contribution in [0.15, 0.2) is 15.8 Å². The number of aromatic amines is 1. The van der Waals surface area contributed by atoms with E-state index in [4.69, 9.17) is 0 Å². The zero-order valence-electron chi connectivity index (χ0n) is 9.34. The van der Waals surface area contributed by atoms with Crippen LogP contribution in [0.2, 0.25) is 0 Å². The van der Waals surface area contributed by atoms with Crippen molar-refractivity contribution in [3.63, 3.8) is 0 Å². The Kier molecular flexibility index (Phi) is 2.85. The molecule has 15 heavy (non-hydrogen) atoms. The number of hydrogen-bond donors (Lipinski definition) is 1. The fraction of sp³-hybridized carbons (Fsp3) is 0.455. The van der Waals surface area contributed by atoms with Crippen molar-refractivity contribution >= 4 is 0 Å². The molecule has 1 heterocycles. The van der Waals surface area contributed by atoms with Gasteiger partial charge in [0, 0.05) is 11.7 Å². The van der Waals surface area contributed by atoms with Gasteiger partial charge in [0.25, 0.3) is 5.56 Å². The van der Waals surface area contributed by atoms with Gasteiger partial charge in [-0.05, 0) is 27.7 Å². The zero-order chi connectivity index (χ0) is 11.6. The van der Waals surface area contributed by atoms with Crippen LogP contribution < -0.4 is 11.2 Å². The van der Waals surface area contributed by atoms with Gasteiger partial charge >= 0.3 is 5.69 Å². The van der Waals surface area contributed by atoms with E-state index in [1.807, 2.05) is 0 Å². The Morgan fingerprint density at radius 3 is 2.40 bits per heavy atom. The molecule has 0 aliphatic rings. The first-order valence-corrected chi connectivity index (χ1v) is 4.66. The summed E-state index contributed by atoms with van der Waals surface area (Å²) in [5.41, 5.74) is -0.988. The number of H-pyrrole nitrogens is 1. The maximum absolute atomic E-state index is 11.9. The van der Waals surface area contributed by atoms with Crippen LogP contribution in [-0.2, 0) is 5.54 Å². The summed E-state index contributed by atoms with van der Waals surface area (Å²) < 4.78 is 1.17. The molecule has 0 radical (unpaired) electrons. The summed E-state index contributed by atoms with van der Waals surface area (Å²) in [6, 6.07) is 0. The molecule has 1 aromatic rings. The number of rotatable bonds is 0. The van der Waals surface area contributed by atoms with E-state index in [9.17, 15) is 9.59 Å². The molecule has 80 valence electrons. The van der Waals surface area contributed by atoms with Gasteiger partial charge in [-0.1, -0.05) is 5.92 Å².